The molecule has 1 heteroatoms. The molecular formula is C13H18O. The first kappa shape index (κ1) is 9.72. The molecule has 1 aliphatic rings. The monoisotopic (exact) mass is 190 g/mol. The van der Waals surface area contributed by atoms with Gasteiger partial charge in [-0.2, -0.15) is 0 Å². The van der Waals surface area contributed by atoms with Crippen molar-refractivity contribution in [2.24, 2.45) is 0 Å². The largest absolute Gasteiger partial charge is 0.388 e. The van der Waals surface area contributed by atoms with Crippen molar-refractivity contribution in [3.05, 3.63) is 34.9 Å². The number of fused-ring (bicyclic) bond motifs is 1. The molecular weight excluding hydrogens is 172 g/mol. The highest BCUT2D eigenvalue weighted by molar-refractivity contribution is 5.37. The van der Waals surface area contributed by atoms with E-state index in [-0.39, 0.29) is 6.10 Å². The van der Waals surface area contributed by atoms with Gasteiger partial charge in [0, 0.05) is 0 Å². The molecule has 0 heterocycles. The van der Waals surface area contributed by atoms with E-state index < -0.39 is 0 Å². The third-order valence-corrected chi connectivity index (χ3v) is 3.32. The van der Waals surface area contributed by atoms with Crippen molar-refractivity contribution in [2.75, 3.05) is 0 Å². The highest BCUT2D eigenvalue weighted by Crippen LogP contribution is 2.37. The molecule has 1 N–H and O–H groups in total. The number of benzene rings is 1. The molecule has 76 valence electrons. The lowest BCUT2D eigenvalue weighted by Crippen LogP contribution is -2.12. The van der Waals surface area contributed by atoms with Gasteiger partial charge >= 0.3 is 0 Å². The Kier molecular flexibility index (Phi) is 2.60. The van der Waals surface area contributed by atoms with Crippen LogP contribution < -0.4 is 0 Å². The van der Waals surface area contributed by atoms with Gasteiger partial charge in [-0.25, -0.2) is 0 Å². The molecule has 0 saturated heterocycles. The Morgan fingerprint density at radius 2 is 2.07 bits per heavy atom. The zero-order chi connectivity index (χ0) is 10.1. The van der Waals surface area contributed by atoms with Crippen LogP contribution in [0.3, 0.4) is 0 Å². The van der Waals surface area contributed by atoms with Crippen LogP contribution in [0, 0.1) is 0 Å². The number of aryl methyl sites for hydroxylation is 1. The molecule has 1 nitrogen and oxygen atoms in total. The van der Waals surface area contributed by atoms with Crippen LogP contribution in [-0.4, -0.2) is 5.11 Å². The number of hydrogen-bond donors (Lipinski definition) is 1. The van der Waals surface area contributed by atoms with E-state index in [0.717, 1.165) is 19.3 Å². The fourth-order valence-electron chi connectivity index (χ4n) is 2.30. The Bertz CT molecular complexity index is 330. The van der Waals surface area contributed by atoms with Gasteiger partial charge in [-0.1, -0.05) is 32.0 Å². The van der Waals surface area contributed by atoms with Crippen LogP contribution in [0.4, 0.5) is 0 Å². The van der Waals surface area contributed by atoms with Gasteiger partial charge in [0.05, 0.1) is 6.10 Å². The van der Waals surface area contributed by atoms with Crippen molar-refractivity contribution in [3.63, 3.8) is 0 Å². The highest BCUT2D eigenvalue weighted by Gasteiger charge is 2.22. The molecule has 0 bridgehead atoms. The Morgan fingerprint density at radius 1 is 1.29 bits per heavy atom. The predicted molar refractivity (Wildman–Crippen MR) is 58.4 cm³/mol. The van der Waals surface area contributed by atoms with Crippen LogP contribution in [0.25, 0.3) is 0 Å². The Hall–Kier alpha value is -0.820. The van der Waals surface area contributed by atoms with Crippen LogP contribution >= 0.6 is 0 Å². The number of aliphatic hydroxyl groups excluding tert-OH is 1. The Labute approximate surface area is 85.8 Å². The van der Waals surface area contributed by atoms with Gasteiger partial charge in [-0.05, 0) is 41.9 Å². The second-order valence-electron chi connectivity index (χ2n) is 4.31. The summed E-state index contributed by atoms with van der Waals surface area (Å²) in [5.41, 5.74) is 3.85. The first-order chi connectivity index (χ1) is 6.72. The summed E-state index contributed by atoms with van der Waals surface area (Å²) in [4.78, 5) is 0. The lowest BCUT2D eigenvalue weighted by atomic mass is 9.81. The Morgan fingerprint density at radius 3 is 2.79 bits per heavy atom. The van der Waals surface area contributed by atoms with Crippen LogP contribution in [0.2, 0.25) is 0 Å². The fourth-order valence-corrected chi connectivity index (χ4v) is 2.30. The summed E-state index contributed by atoms with van der Waals surface area (Å²) < 4.78 is 0. The molecule has 2 atom stereocenters. The number of aliphatic hydroxyl groups is 1. The minimum atomic E-state index is -0.229. The van der Waals surface area contributed by atoms with Gasteiger partial charge in [0.1, 0.15) is 0 Å². The maximum Gasteiger partial charge on any atom is 0.0793 e. The molecule has 0 aromatic heterocycles. The molecule has 1 aromatic carbocycles. The van der Waals surface area contributed by atoms with E-state index in [1.807, 2.05) is 0 Å². The molecule has 0 amide bonds. The minimum Gasteiger partial charge on any atom is -0.388 e. The lowest BCUT2D eigenvalue weighted by Gasteiger charge is -2.27. The number of rotatable bonds is 1. The summed E-state index contributed by atoms with van der Waals surface area (Å²) in [6.07, 6.45) is 2.85. The summed E-state index contributed by atoms with van der Waals surface area (Å²) in [6, 6.07) is 6.56. The SMILES string of the molecule is CCc1ccc2c(c1)[C@@H](O)CCC2C. The summed E-state index contributed by atoms with van der Waals surface area (Å²) in [5.74, 6) is 0.610. The standard InChI is InChI=1S/C13H18O/c1-3-10-5-6-11-9(2)4-7-13(14)12(11)8-10/h5-6,8-9,13-14H,3-4,7H2,1-2H3/t9?,13-/m0/s1. The second kappa shape index (κ2) is 3.74. The predicted octanol–water partition coefficient (Wildman–Crippen LogP) is 3.18. The molecule has 14 heavy (non-hydrogen) atoms. The normalized spacial score (nSPS) is 25.9. The van der Waals surface area contributed by atoms with E-state index in [0.29, 0.717) is 5.92 Å². The first-order valence-electron chi connectivity index (χ1n) is 5.53. The van der Waals surface area contributed by atoms with Gasteiger partial charge in [0.15, 0.2) is 0 Å². The molecule has 0 fully saturated rings. The third kappa shape index (κ3) is 1.57. The van der Waals surface area contributed by atoms with Crippen molar-refractivity contribution in [1.82, 2.24) is 0 Å². The van der Waals surface area contributed by atoms with E-state index in [4.69, 9.17) is 0 Å². The van der Waals surface area contributed by atoms with Crippen LogP contribution in [0.1, 0.15) is 55.4 Å². The lowest BCUT2D eigenvalue weighted by molar-refractivity contribution is 0.151. The molecule has 0 saturated carbocycles. The van der Waals surface area contributed by atoms with Crippen LogP contribution in [0.5, 0.6) is 0 Å². The molecule has 0 radical (unpaired) electrons. The summed E-state index contributed by atoms with van der Waals surface area (Å²) in [7, 11) is 0. The van der Waals surface area contributed by atoms with Gasteiger partial charge in [-0.15, -0.1) is 0 Å². The van der Waals surface area contributed by atoms with E-state index in [1.165, 1.54) is 16.7 Å². The van der Waals surface area contributed by atoms with Crippen molar-refractivity contribution in [1.29, 1.82) is 0 Å². The summed E-state index contributed by atoms with van der Waals surface area (Å²) in [6.45, 7) is 4.40. The average molecular weight is 190 g/mol. The first-order valence-corrected chi connectivity index (χ1v) is 5.53. The molecule has 0 spiro atoms. The topological polar surface area (TPSA) is 20.2 Å². The van der Waals surface area contributed by atoms with Crippen LogP contribution in [-0.2, 0) is 6.42 Å². The number of hydrogen-bond acceptors (Lipinski definition) is 1. The fraction of sp³-hybridized carbons (Fsp3) is 0.538. The third-order valence-electron chi connectivity index (χ3n) is 3.32. The molecule has 1 unspecified atom stereocenters. The van der Waals surface area contributed by atoms with Crippen LogP contribution in [0.15, 0.2) is 18.2 Å². The average Bonchev–Trinajstić information content (AvgIpc) is 2.23. The zero-order valence-electron chi connectivity index (χ0n) is 8.96. The van der Waals surface area contributed by atoms with Crippen molar-refractivity contribution >= 4 is 0 Å². The quantitative estimate of drug-likeness (QED) is 0.721. The Balaban J connectivity index is 2.45. The van der Waals surface area contributed by atoms with Crippen molar-refractivity contribution in [3.8, 4) is 0 Å². The van der Waals surface area contributed by atoms with E-state index in [1.54, 1.807) is 0 Å². The molecule has 1 aromatic rings. The second-order valence-corrected chi connectivity index (χ2v) is 4.31. The van der Waals surface area contributed by atoms with E-state index in [9.17, 15) is 5.11 Å². The van der Waals surface area contributed by atoms with Gasteiger partial charge in [0.2, 0.25) is 0 Å². The smallest absolute Gasteiger partial charge is 0.0793 e. The van der Waals surface area contributed by atoms with Gasteiger partial charge in [-0.3, -0.25) is 0 Å². The summed E-state index contributed by atoms with van der Waals surface area (Å²) >= 11 is 0. The highest BCUT2D eigenvalue weighted by atomic mass is 16.3. The van der Waals surface area contributed by atoms with E-state index in [2.05, 4.69) is 32.0 Å². The molecule has 0 aliphatic heterocycles. The maximum atomic E-state index is 9.90. The van der Waals surface area contributed by atoms with Gasteiger partial charge in [0.25, 0.3) is 0 Å². The van der Waals surface area contributed by atoms with Crippen molar-refractivity contribution < 1.29 is 5.11 Å². The van der Waals surface area contributed by atoms with Crippen molar-refractivity contribution in [2.45, 2.75) is 45.1 Å². The maximum absolute atomic E-state index is 9.90. The van der Waals surface area contributed by atoms with Gasteiger partial charge < -0.3 is 5.11 Å². The van der Waals surface area contributed by atoms with E-state index >= 15 is 0 Å². The zero-order valence-corrected chi connectivity index (χ0v) is 8.96. The minimum absolute atomic E-state index is 0.229. The molecule has 2 rings (SSSR count). The summed E-state index contributed by atoms with van der Waals surface area (Å²) in [5, 5.41) is 9.90. The molecule has 1 aliphatic carbocycles.